The fourth-order valence-electron chi connectivity index (χ4n) is 2.44. The van der Waals surface area contributed by atoms with E-state index in [4.69, 9.17) is 11.6 Å². The van der Waals surface area contributed by atoms with Crippen LogP contribution in [0.25, 0.3) is 0 Å². The van der Waals surface area contributed by atoms with Crippen molar-refractivity contribution < 1.29 is 9.72 Å². The van der Waals surface area contributed by atoms with Crippen LogP contribution in [-0.4, -0.2) is 16.0 Å². The first-order valence-electron chi connectivity index (χ1n) is 8.49. The molecule has 0 saturated heterocycles. The van der Waals surface area contributed by atoms with E-state index >= 15 is 0 Å². The highest BCUT2D eigenvalue weighted by Crippen LogP contribution is 2.26. The Morgan fingerprint density at radius 3 is 2.14 bits per heavy atom. The van der Waals surface area contributed by atoms with Gasteiger partial charge in [-0.25, -0.2) is 0 Å². The molecule has 3 rings (SSSR count). The largest absolute Gasteiger partial charge is 0.354 e. The minimum atomic E-state index is -0.667. The number of nitrogens with zero attached hydrogens (tertiary/aromatic N) is 2. The van der Waals surface area contributed by atoms with Crippen molar-refractivity contribution in [2.24, 2.45) is 5.10 Å². The third-order valence-corrected chi connectivity index (χ3v) is 4.05. The molecule has 9 heteroatoms. The Labute approximate surface area is 171 Å². The molecule has 3 N–H and O–H groups in total. The number of carbonyl (C=O) groups is 1. The predicted octanol–water partition coefficient (Wildman–Crippen LogP) is 4.94. The molecule has 0 fully saturated rings. The maximum Gasteiger partial charge on any atom is 0.294 e. The molecule has 1 amide bonds. The first kappa shape index (κ1) is 19.8. The summed E-state index contributed by atoms with van der Waals surface area (Å²) in [6.07, 6.45) is 0. The quantitative estimate of drug-likeness (QED) is 0.291. The number of nitrogens with one attached hydrogen (secondary N) is 3. The number of nitro benzene ring substituents is 1. The minimum absolute atomic E-state index is 0.120. The lowest BCUT2D eigenvalue weighted by atomic mass is 10.2. The standard InChI is InChI=1S/C20H16ClN5O3/c21-19(25-24-17-12-6-7-13-18(17)26(28)29)20(27)23-16-11-5-4-10-15(16)22-14-8-2-1-3-9-14/h1-13,22,24H,(H,23,27). The molecular formula is C20H16ClN5O3. The second-order valence-corrected chi connectivity index (χ2v) is 6.14. The summed E-state index contributed by atoms with van der Waals surface area (Å²) < 4.78 is 0. The normalized spacial score (nSPS) is 10.9. The van der Waals surface area contributed by atoms with Gasteiger partial charge in [0.1, 0.15) is 5.69 Å². The van der Waals surface area contributed by atoms with Gasteiger partial charge in [0.2, 0.25) is 5.17 Å². The molecule has 0 aliphatic heterocycles. The lowest BCUT2D eigenvalue weighted by Gasteiger charge is -2.12. The van der Waals surface area contributed by atoms with Crippen molar-refractivity contribution in [1.82, 2.24) is 0 Å². The summed E-state index contributed by atoms with van der Waals surface area (Å²) in [6.45, 7) is 0. The Hall–Kier alpha value is -3.91. The summed E-state index contributed by atoms with van der Waals surface area (Å²) in [7, 11) is 0. The highest BCUT2D eigenvalue weighted by molar-refractivity contribution is 6.84. The highest BCUT2D eigenvalue weighted by atomic mass is 35.5. The van der Waals surface area contributed by atoms with Crippen LogP contribution in [-0.2, 0) is 4.79 Å². The Balaban J connectivity index is 1.72. The molecule has 0 unspecified atom stereocenters. The number of amides is 1. The summed E-state index contributed by atoms with van der Waals surface area (Å²) in [6, 6.07) is 22.5. The maximum absolute atomic E-state index is 12.4. The van der Waals surface area contributed by atoms with E-state index in [0.717, 1.165) is 5.69 Å². The topological polar surface area (TPSA) is 109 Å². The molecule has 0 saturated carbocycles. The number of hydrogen-bond acceptors (Lipinski definition) is 6. The molecule has 29 heavy (non-hydrogen) atoms. The van der Waals surface area contributed by atoms with Crippen molar-refractivity contribution >= 4 is 51.1 Å². The predicted molar refractivity (Wildman–Crippen MR) is 115 cm³/mol. The third-order valence-electron chi connectivity index (χ3n) is 3.79. The molecule has 0 spiro atoms. The first-order valence-corrected chi connectivity index (χ1v) is 8.87. The average Bonchev–Trinajstić information content (AvgIpc) is 2.74. The second-order valence-electron chi connectivity index (χ2n) is 5.78. The van der Waals surface area contributed by atoms with Gasteiger partial charge in [0.25, 0.3) is 11.6 Å². The summed E-state index contributed by atoms with van der Waals surface area (Å²) >= 11 is 5.96. The van der Waals surface area contributed by atoms with Crippen molar-refractivity contribution in [2.45, 2.75) is 0 Å². The van der Waals surface area contributed by atoms with Crippen LogP contribution < -0.4 is 16.1 Å². The van der Waals surface area contributed by atoms with Crippen LogP contribution in [0.3, 0.4) is 0 Å². The smallest absolute Gasteiger partial charge is 0.294 e. The molecule has 3 aromatic rings. The number of hydrazone groups is 1. The zero-order valence-electron chi connectivity index (χ0n) is 15.0. The van der Waals surface area contributed by atoms with Crippen LogP contribution in [0, 0.1) is 10.1 Å². The summed E-state index contributed by atoms with van der Waals surface area (Å²) in [4.78, 5) is 22.9. The Bertz CT molecular complexity index is 1060. The van der Waals surface area contributed by atoms with Gasteiger partial charge in [-0.05, 0) is 30.3 Å². The number of para-hydroxylation sites is 5. The lowest BCUT2D eigenvalue weighted by Crippen LogP contribution is -2.20. The van der Waals surface area contributed by atoms with E-state index in [1.807, 2.05) is 36.4 Å². The fraction of sp³-hybridized carbons (Fsp3) is 0. The van der Waals surface area contributed by atoms with Gasteiger partial charge in [0, 0.05) is 11.8 Å². The first-order chi connectivity index (χ1) is 14.0. The monoisotopic (exact) mass is 409 g/mol. The molecule has 0 aliphatic carbocycles. The van der Waals surface area contributed by atoms with E-state index < -0.39 is 16.0 Å². The number of carbonyl (C=O) groups excluding carboxylic acids is 1. The van der Waals surface area contributed by atoms with Gasteiger partial charge >= 0.3 is 0 Å². The zero-order valence-corrected chi connectivity index (χ0v) is 15.8. The molecule has 0 aliphatic rings. The fourth-order valence-corrected chi connectivity index (χ4v) is 2.53. The van der Waals surface area contributed by atoms with Crippen LogP contribution in [0.2, 0.25) is 0 Å². The number of rotatable bonds is 7. The molecule has 0 aromatic heterocycles. The molecule has 146 valence electrons. The van der Waals surface area contributed by atoms with Crippen LogP contribution in [0.4, 0.5) is 28.4 Å². The van der Waals surface area contributed by atoms with Gasteiger partial charge in [-0.3, -0.25) is 20.3 Å². The van der Waals surface area contributed by atoms with Gasteiger partial charge in [0.05, 0.1) is 16.3 Å². The number of nitro groups is 1. The molecule has 0 bridgehead atoms. The van der Waals surface area contributed by atoms with E-state index in [1.54, 1.807) is 24.3 Å². The van der Waals surface area contributed by atoms with Gasteiger partial charge < -0.3 is 10.6 Å². The van der Waals surface area contributed by atoms with E-state index in [0.29, 0.717) is 11.4 Å². The molecular weight excluding hydrogens is 394 g/mol. The number of hydrogen-bond donors (Lipinski definition) is 3. The Morgan fingerprint density at radius 2 is 1.45 bits per heavy atom. The molecule has 8 nitrogen and oxygen atoms in total. The van der Waals surface area contributed by atoms with Gasteiger partial charge in [-0.1, -0.05) is 54.1 Å². The van der Waals surface area contributed by atoms with E-state index in [-0.39, 0.29) is 11.4 Å². The van der Waals surface area contributed by atoms with E-state index in [1.165, 1.54) is 18.2 Å². The third kappa shape index (κ3) is 5.30. The van der Waals surface area contributed by atoms with Gasteiger partial charge in [-0.2, -0.15) is 5.10 Å². The molecule has 3 aromatic carbocycles. The van der Waals surface area contributed by atoms with Crippen molar-refractivity contribution in [3.05, 3.63) is 89.0 Å². The van der Waals surface area contributed by atoms with Crippen molar-refractivity contribution in [1.29, 1.82) is 0 Å². The SMILES string of the molecule is O=C(Nc1ccccc1Nc1ccccc1)C(Cl)=NNc1ccccc1[N+](=O)[O-]. The summed E-state index contributed by atoms with van der Waals surface area (Å²) in [5, 5.41) is 20.2. The number of anilines is 4. The second kappa shape index (κ2) is 9.34. The lowest BCUT2D eigenvalue weighted by molar-refractivity contribution is -0.384. The highest BCUT2D eigenvalue weighted by Gasteiger charge is 2.14. The Kier molecular flexibility index (Phi) is 6.39. The summed E-state index contributed by atoms with van der Waals surface area (Å²) in [5.74, 6) is -0.667. The van der Waals surface area contributed by atoms with Crippen LogP contribution in [0.1, 0.15) is 0 Å². The minimum Gasteiger partial charge on any atom is -0.354 e. The van der Waals surface area contributed by atoms with Crippen LogP contribution >= 0.6 is 11.6 Å². The van der Waals surface area contributed by atoms with Crippen molar-refractivity contribution in [3.63, 3.8) is 0 Å². The molecule has 0 radical (unpaired) electrons. The van der Waals surface area contributed by atoms with Gasteiger partial charge in [0.15, 0.2) is 0 Å². The zero-order chi connectivity index (χ0) is 20.6. The summed E-state index contributed by atoms with van der Waals surface area (Å²) in [5.41, 5.74) is 4.42. The van der Waals surface area contributed by atoms with Crippen molar-refractivity contribution in [3.8, 4) is 0 Å². The Morgan fingerprint density at radius 1 is 0.862 bits per heavy atom. The van der Waals surface area contributed by atoms with E-state index in [9.17, 15) is 14.9 Å². The van der Waals surface area contributed by atoms with E-state index in [2.05, 4.69) is 21.2 Å². The maximum atomic E-state index is 12.4. The van der Waals surface area contributed by atoms with Crippen molar-refractivity contribution in [2.75, 3.05) is 16.1 Å². The number of benzene rings is 3. The average molecular weight is 410 g/mol. The van der Waals surface area contributed by atoms with Crippen LogP contribution in [0.5, 0.6) is 0 Å². The molecule has 0 atom stereocenters. The van der Waals surface area contributed by atoms with Gasteiger partial charge in [-0.15, -0.1) is 0 Å². The number of halogens is 1. The molecule has 0 heterocycles. The van der Waals surface area contributed by atoms with Crippen LogP contribution in [0.15, 0.2) is 84.0 Å².